The summed E-state index contributed by atoms with van der Waals surface area (Å²) in [6, 6.07) is 17.9. The van der Waals surface area contributed by atoms with Gasteiger partial charge in [-0.05, 0) is 40.0 Å². The predicted octanol–water partition coefficient (Wildman–Crippen LogP) is 3.22. The molecule has 0 aromatic heterocycles. The molecule has 2 aromatic rings. The molecule has 20 heavy (non-hydrogen) atoms. The lowest BCUT2D eigenvalue weighted by molar-refractivity contribution is -0.119. The van der Waals surface area contributed by atoms with E-state index in [0.29, 0.717) is 6.54 Å². The largest absolute Gasteiger partial charge is 0.375 e. The topological polar surface area (TPSA) is 41.1 Å². The highest BCUT2D eigenvalue weighted by Gasteiger charge is 2.02. The van der Waals surface area contributed by atoms with Crippen molar-refractivity contribution in [3.8, 4) is 0 Å². The van der Waals surface area contributed by atoms with E-state index in [1.165, 1.54) is 5.56 Å². The van der Waals surface area contributed by atoms with Gasteiger partial charge in [0.25, 0.3) is 0 Å². The minimum absolute atomic E-state index is 0.00307. The van der Waals surface area contributed by atoms with Gasteiger partial charge in [0.2, 0.25) is 5.91 Å². The number of hydrogen-bond donors (Lipinski definition) is 2. The molecule has 0 heterocycles. The molecule has 3 nitrogen and oxygen atoms in total. The van der Waals surface area contributed by atoms with Crippen molar-refractivity contribution in [2.45, 2.75) is 6.42 Å². The van der Waals surface area contributed by atoms with Crippen molar-refractivity contribution in [1.82, 2.24) is 5.32 Å². The van der Waals surface area contributed by atoms with Gasteiger partial charge in [-0.3, -0.25) is 4.79 Å². The van der Waals surface area contributed by atoms with Crippen molar-refractivity contribution in [3.63, 3.8) is 0 Å². The summed E-state index contributed by atoms with van der Waals surface area (Å²) in [6.45, 7) is 0.928. The van der Waals surface area contributed by atoms with Gasteiger partial charge in [0, 0.05) is 16.7 Å². The molecule has 0 saturated heterocycles. The van der Waals surface area contributed by atoms with E-state index >= 15 is 0 Å². The number of rotatable bonds is 6. The third-order valence-corrected chi connectivity index (χ3v) is 3.58. The van der Waals surface area contributed by atoms with Crippen LogP contribution in [-0.4, -0.2) is 19.0 Å². The second-order valence-corrected chi connectivity index (χ2v) is 5.27. The average Bonchev–Trinajstić information content (AvgIpc) is 2.47. The number of carbonyl (C=O) groups excluding carboxylic acids is 1. The lowest BCUT2D eigenvalue weighted by Gasteiger charge is -2.09. The molecule has 0 spiro atoms. The molecule has 0 saturated carbocycles. The Morgan fingerprint density at radius 2 is 1.70 bits per heavy atom. The van der Waals surface area contributed by atoms with Gasteiger partial charge in [0.1, 0.15) is 0 Å². The first-order valence-electron chi connectivity index (χ1n) is 6.55. The van der Waals surface area contributed by atoms with E-state index in [1.807, 2.05) is 42.5 Å². The Morgan fingerprint density at radius 1 is 1.00 bits per heavy atom. The van der Waals surface area contributed by atoms with Gasteiger partial charge in [-0.1, -0.05) is 42.5 Å². The maximum Gasteiger partial charge on any atom is 0.239 e. The molecule has 2 N–H and O–H groups in total. The van der Waals surface area contributed by atoms with Gasteiger partial charge >= 0.3 is 0 Å². The maximum absolute atomic E-state index is 11.7. The Labute approximate surface area is 127 Å². The zero-order valence-electron chi connectivity index (χ0n) is 11.1. The van der Waals surface area contributed by atoms with E-state index in [0.717, 1.165) is 16.6 Å². The third kappa shape index (κ3) is 4.70. The molecule has 0 aliphatic rings. The van der Waals surface area contributed by atoms with Gasteiger partial charge in [-0.25, -0.2) is 0 Å². The first-order valence-corrected chi connectivity index (χ1v) is 7.34. The highest BCUT2D eigenvalue weighted by atomic mass is 79.9. The highest BCUT2D eigenvalue weighted by molar-refractivity contribution is 9.10. The molecule has 0 atom stereocenters. The Balaban J connectivity index is 1.70. The molecule has 2 aromatic carbocycles. The fourth-order valence-electron chi connectivity index (χ4n) is 1.83. The molecule has 4 heteroatoms. The SMILES string of the molecule is O=C(CNc1ccccc1Br)NCCc1ccccc1. The van der Waals surface area contributed by atoms with Crippen LogP contribution in [0.5, 0.6) is 0 Å². The second kappa shape index (κ2) is 7.70. The summed E-state index contributed by atoms with van der Waals surface area (Å²) in [5.41, 5.74) is 2.15. The molecule has 0 fully saturated rings. The summed E-state index contributed by atoms with van der Waals surface area (Å²) < 4.78 is 0.956. The average molecular weight is 333 g/mol. The Morgan fingerprint density at radius 3 is 2.45 bits per heavy atom. The van der Waals surface area contributed by atoms with Crippen LogP contribution in [0.25, 0.3) is 0 Å². The van der Waals surface area contributed by atoms with Gasteiger partial charge in [-0.2, -0.15) is 0 Å². The Bertz CT molecular complexity index is 557. The van der Waals surface area contributed by atoms with Gasteiger partial charge in [0.05, 0.1) is 6.54 Å². The number of nitrogens with one attached hydrogen (secondary N) is 2. The maximum atomic E-state index is 11.7. The number of carbonyl (C=O) groups is 1. The minimum Gasteiger partial charge on any atom is -0.375 e. The van der Waals surface area contributed by atoms with E-state index in [9.17, 15) is 4.79 Å². The van der Waals surface area contributed by atoms with Gasteiger partial charge in [0.15, 0.2) is 0 Å². The standard InChI is InChI=1S/C16H17BrN2O/c17-14-8-4-5-9-15(14)19-12-16(20)18-11-10-13-6-2-1-3-7-13/h1-9,19H,10-12H2,(H,18,20). The highest BCUT2D eigenvalue weighted by Crippen LogP contribution is 2.20. The van der Waals surface area contributed by atoms with Gasteiger partial charge < -0.3 is 10.6 Å². The van der Waals surface area contributed by atoms with Gasteiger partial charge in [-0.15, -0.1) is 0 Å². The summed E-state index contributed by atoms with van der Waals surface area (Å²) >= 11 is 3.44. The van der Waals surface area contributed by atoms with E-state index in [1.54, 1.807) is 0 Å². The van der Waals surface area contributed by atoms with E-state index in [2.05, 4.69) is 38.7 Å². The monoisotopic (exact) mass is 332 g/mol. The van der Waals surface area contributed by atoms with E-state index in [-0.39, 0.29) is 12.5 Å². The van der Waals surface area contributed by atoms with Crippen LogP contribution in [0.15, 0.2) is 59.1 Å². The summed E-state index contributed by atoms with van der Waals surface area (Å²) in [4.78, 5) is 11.7. The second-order valence-electron chi connectivity index (χ2n) is 4.42. The number of para-hydroxylation sites is 1. The van der Waals surface area contributed by atoms with Crippen LogP contribution < -0.4 is 10.6 Å². The predicted molar refractivity (Wildman–Crippen MR) is 85.8 cm³/mol. The molecule has 0 radical (unpaired) electrons. The number of hydrogen-bond acceptors (Lipinski definition) is 2. The van der Waals surface area contributed by atoms with Crippen LogP contribution in [0.3, 0.4) is 0 Å². The molecule has 0 aliphatic carbocycles. The first kappa shape index (κ1) is 14.6. The smallest absolute Gasteiger partial charge is 0.239 e. The number of benzene rings is 2. The van der Waals surface area contributed by atoms with E-state index in [4.69, 9.17) is 0 Å². The zero-order valence-corrected chi connectivity index (χ0v) is 12.7. The third-order valence-electron chi connectivity index (χ3n) is 2.89. The normalized spacial score (nSPS) is 10.1. The summed E-state index contributed by atoms with van der Waals surface area (Å²) in [5, 5.41) is 6.01. The van der Waals surface area contributed by atoms with Crippen molar-refractivity contribution in [3.05, 3.63) is 64.6 Å². The molecule has 2 rings (SSSR count). The van der Waals surface area contributed by atoms with E-state index < -0.39 is 0 Å². The lowest BCUT2D eigenvalue weighted by atomic mass is 10.1. The molecule has 0 bridgehead atoms. The van der Waals surface area contributed by atoms with Crippen molar-refractivity contribution in [2.75, 3.05) is 18.4 Å². The van der Waals surface area contributed by atoms with Crippen molar-refractivity contribution >= 4 is 27.5 Å². The Hall–Kier alpha value is -1.81. The molecule has 0 unspecified atom stereocenters. The van der Waals surface area contributed by atoms with Crippen LogP contribution in [0, 0.1) is 0 Å². The minimum atomic E-state index is -0.00307. The number of amides is 1. The van der Waals surface area contributed by atoms with Crippen molar-refractivity contribution < 1.29 is 4.79 Å². The van der Waals surface area contributed by atoms with Crippen molar-refractivity contribution in [2.24, 2.45) is 0 Å². The van der Waals surface area contributed by atoms with Crippen LogP contribution in [-0.2, 0) is 11.2 Å². The van der Waals surface area contributed by atoms with Crippen LogP contribution in [0.1, 0.15) is 5.56 Å². The number of halogens is 1. The number of anilines is 1. The Kier molecular flexibility index (Phi) is 5.62. The molecular formula is C16H17BrN2O. The van der Waals surface area contributed by atoms with Crippen LogP contribution >= 0.6 is 15.9 Å². The molecule has 1 amide bonds. The molecule has 0 aliphatic heterocycles. The lowest BCUT2D eigenvalue weighted by Crippen LogP contribution is -2.31. The summed E-state index contributed by atoms with van der Waals surface area (Å²) in [5.74, 6) is -0.00307. The summed E-state index contributed by atoms with van der Waals surface area (Å²) in [6.07, 6.45) is 0.849. The molecule has 104 valence electrons. The quantitative estimate of drug-likeness (QED) is 0.852. The fraction of sp³-hybridized carbons (Fsp3) is 0.188. The van der Waals surface area contributed by atoms with Crippen molar-refractivity contribution in [1.29, 1.82) is 0 Å². The van der Waals surface area contributed by atoms with Crippen LogP contribution in [0.2, 0.25) is 0 Å². The first-order chi connectivity index (χ1) is 9.75. The fourth-order valence-corrected chi connectivity index (χ4v) is 2.26. The summed E-state index contributed by atoms with van der Waals surface area (Å²) in [7, 11) is 0. The molecular weight excluding hydrogens is 316 g/mol. The van der Waals surface area contributed by atoms with Crippen LogP contribution in [0.4, 0.5) is 5.69 Å². The zero-order chi connectivity index (χ0) is 14.2.